The van der Waals surface area contributed by atoms with E-state index in [4.69, 9.17) is 0 Å². The lowest BCUT2D eigenvalue weighted by Gasteiger charge is -2.36. The summed E-state index contributed by atoms with van der Waals surface area (Å²) in [6, 6.07) is 10.7. The van der Waals surface area contributed by atoms with Gasteiger partial charge in [0.05, 0.1) is 35.4 Å². The van der Waals surface area contributed by atoms with E-state index in [9.17, 15) is 5.11 Å². The van der Waals surface area contributed by atoms with Crippen molar-refractivity contribution in [2.45, 2.75) is 37.7 Å². The molecule has 1 saturated heterocycles. The maximum atomic E-state index is 11.4. The van der Waals surface area contributed by atoms with Gasteiger partial charge in [-0.15, -0.1) is 0 Å². The number of imidazole rings is 1. The number of hydrogen-bond acceptors (Lipinski definition) is 5. The van der Waals surface area contributed by atoms with E-state index in [-0.39, 0.29) is 5.92 Å². The van der Waals surface area contributed by atoms with Crippen LogP contribution in [0.4, 0.5) is 5.69 Å². The molecule has 0 amide bonds. The number of rotatable bonds is 4. The Bertz CT molecular complexity index is 1210. The van der Waals surface area contributed by atoms with E-state index in [2.05, 4.69) is 54.6 Å². The molecule has 4 heterocycles. The Morgan fingerprint density at radius 3 is 2.67 bits per heavy atom. The summed E-state index contributed by atoms with van der Waals surface area (Å²) in [7, 11) is 0. The lowest BCUT2D eigenvalue weighted by molar-refractivity contribution is 0.0871. The van der Waals surface area contributed by atoms with E-state index in [1.54, 1.807) is 6.33 Å². The molecule has 1 saturated carbocycles. The first-order chi connectivity index (χ1) is 14.8. The van der Waals surface area contributed by atoms with E-state index in [1.807, 2.05) is 18.7 Å². The van der Waals surface area contributed by atoms with Crippen LogP contribution in [-0.4, -0.2) is 37.5 Å². The van der Waals surface area contributed by atoms with E-state index in [0.717, 1.165) is 48.0 Å². The number of pyridine rings is 1. The van der Waals surface area contributed by atoms with Crippen LogP contribution in [0.5, 0.6) is 0 Å². The summed E-state index contributed by atoms with van der Waals surface area (Å²) in [5, 5.41) is 12.5. The molecule has 3 aromatic heterocycles. The van der Waals surface area contributed by atoms with Crippen LogP contribution in [0.3, 0.4) is 0 Å². The number of aliphatic hydroxyl groups excluding tert-OH is 1. The van der Waals surface area contributed by atoms with Crippen LogP contribution in [0.2, 0.25) is 0 Å². The molecule has 2 fully saturated rings. The molecular formula is C24H25N5O. The zero-order valence-corrected chi connectivity index (χ0v) is 16.9. The second-order valence-corrected chi connectivity index (χ2v) is 8.67. The van der Waals surface area contributed by atoms with Crippen molar-refractivity contribution >= 4 is 22.1 Å². The fourth-order valence-corrected chi connectivity index (χ4v) is 4.95. The van der Waals surface area contributed by atoms with Gasteiger partial charge in [0.1, 0.15) is 6.33 Å². The monoisotopic (exact) mass is 399 g/mol. The number of benzene rings is 1. The van der Waals surface area contributed by atoms with Crippen LogP contribution in [0, 0.1) is 5.92 Å². The summed E-state index contributed by atoms with van der Waals surface area (Å²) in [5.74, 6) is 0.858. The normalized spacial score (nSPS) is 18.9. The minimum Gasteiger partial charge on any atom is -0.387 e. The van der Waals surface area contributed by atoms with Crippen LogP contribution in [0.15, 0.2) is 55.4 Å². The zero-order valence-electron chi connectivity index (χ0n) is 16.9. The fourth-order valence-electron chi connectivity index (χ4n) is 4.95. The standard InChI is InChI=1S/C24H25N5O/c30-24(23-21(16-1-2-16)5-3-20-13-26-15-29(20)23)17-7-9-28(10-8-17)19-4-6-22-18(11-19)12-25-14-27-22/h3-6,11-17,24,30H,1-2,7-10H2. The molecule has 4 aromatic rings. The highest BCUT2D eigenvalue weighted by Crippen LogP contribution is 2.45. The SMILES string of the molecule is OC(c1c(C2CC2)ccc2cncn12)C1CCN(c2ccc3ncncc3c2)CC1. The maximum absolute atomic E-state index is 11.4. The fraction of sp³-hybridized carbons (Fsp3) is 0.375. The third-order valence-electron chi connectivity index (χ3n) is 6.79. The van der Waals surface area contributed by atoms with E-state index < -0.39 is 6.10 Å². The van der Waals surface area contributed by atoms with Crippen molar-refractivity contribution < 1.29 is 5.11 Å². The van der Waals surface area contributed by atoms with Crippen molar-refractivity contribution in [3.05, 3.63) is 66.6 Å². The molecular weight excluding hydrogens is 374 g/mol. The number of anilines is 1. The van der Waals surface area contributed by atoms with Crippen LogP contribution < -0.4 is 4.90 Å². The second kappa shape index (κ2) is 7.06. The molecule has 0 spiro atoms. The molecule has 1 aliphatic carbocycles. The molecule has 1 unspecified atom stereocenters. The molecule has 30 heavy (non-hydrogen) atoms. The number of fused-ring (bicyclic) bond motifs is 2. The Morgan fingerprint density at radius 1 is 0.967 bits per heavy atom. The minimum absolute atomic E-state index is 0.260. The van der Waals surface area contributed by atoms with Gasteiger partial charge in [-0.2, -0.15) is 0 Å². The smallest absolute Gasteiger partial charge is 0.116 e. The van der Waals surface area contributed by atoms with Crippen molar-refractivity contribution in [3.8, 4) is 0 Å². The van der Waals surface area contributed by atoms with Gasteiger partial charge in [0.15, 0.2) is 0 Å². The molecule has 6 nitrogen and oxygen atoms in total. The Labute approximate surface area is 175 Å². The molecule has 0 radical (unpaired) electrons. The lowest BCUT2D eigenvalue weighted by atomic mass is 9.87. The van der Waals surface area contributed by atoms with Gasteiger partial charge in [0.2, 0.25) is 0 Å². The molecule has 1 atom stereocenters. The summed E-state index contributed by atoms with van der Waals surface area (Å²) in [4.78, 5) is 15.2. The first-order valence-corrected chi connectivity index (χ1v) is 10.9. The van der Waals surface area contributed by atoms with Gasteiger partial charge in [0, 0.05) is 30.4 Å². The predicted molar refractivity (Wildman–Crippen MR) is 117 cm³/mol. The highest BCUT2D eigenvalue weighted by molar-refractivity contribution is 5.81. The average molecular weight is 399 g/mol. The highest BCUT2D eigenvalue weighted by Gasteiger charge is 2.34. The number of piperidine rings is 1. The van der Waals surface area contributed by atoms with Crippen molar-refractivity contribution in [3.63, 3.8) is 0 Å². The largest absolute Gasteiger partial charge is 0.387 e. The van der Waals surface area contributed by atoms with Gasteiger partial charge >= 0.3 is 0 Å². The Balaban J connectivity index is 1.24. The van der Waals surface area contributed by atoms with E-state index in [0.29, 0.717) is 5.92 Å². The molecule has 6 heteroatoms. The summed E-state index contributed by atoms with van der Waals surface area (Å²) in [5.41, 5.74) is 5.61. The molecule has 2 aliphatic rings. The van der Waals surface area contributed by atoms with E-state index >= 15 is 0 Å². The number of nitrogens with zero attached hydrogens (tertiary/aromatic N) is 5. The first-order valence-electron chi connectivity index (χ1n) is 10.9. The maximum Gasteiger partial charge on any atom is 0.116 e. The van der Waals surface area contributed by atoms with Crippen LogP contribution in [-0.2, 0) is 0 Å². The van der Waals surface area contributed by atoms with Crippen molar-refractivity contribution in [2.75, 3.05) is 18.0 Å². The van der Waals surface area contributed by atoms with Gasteiger partial charge in [-0.25, -0.2) is 15.0 Å². The zero-order chi connectivity index (χ0) is 20.1. The molecule has 1 aliphatic heterocycles. The van der Waals surface area contributed by atoms with Crippen molar-refractivity contribution in [1.29, 1.82) is 0 Å². The molecule has 6 rings (SSSR count). The Morgan fingerprint density at radius 2 is 1.83 bits per heavy atom. The minimum atomic E-state index is -0.453. The predicted octanol–water partition coefficient (Wildman–Crippen LogP) is 4.10. The summed E-state index contributed by atoms with van der Waals surface area (Å²) < 4.78 is 2.11. The summed E-state index contributed by atoms with van der Waals surface area (Å²) in [6.07, 6.45) is 11.1. The quantitative estimate of drug-likeness (QED) is 0.560. The summed E-state index contributed by atoms with van der Waals surface area (Å²) in [6.45, 7) is 1.89. The van der Waals surface area contributed by atoms with Gasteiger partial charge in [-0.05, 0) is 67.3 Å². The van der Waals surface area contributed by atoms with Crippen molar-refractivity contribution in [2.24, 2.45) is 5.92 Å². The molecule has 1 aromatic carbocycles. The topological polar surface area (TPSA) is 66.6 Å². The van der Waals surface area contributed by atoms with Gasteiger partial charge in [-0.1, -0.05) is 6.07 Å². The first kappa shape index (κ1) is 17.8. The third kappa shape index (κ3) is 3.03. The van der Waals surface area contributed by atoms with Gasteiger partial charge < -0.3 is 14.4 Å². The lowest BCUT2D eigenvalue weighted by Crippen LogP contribution is -2.36. The second-order valence-electron chi connectivity index (χ2n) is 8.67. The Hall–Kier alpha value is -2.99. The number of aliphatic hydroxyl groups is 1. The van der Waals surface area contributed by atoms with E-state index in [1.165, 1.54) is 24.1 Å². The third-order valence-corrected chi connectivity index (χ3v) is 6.79. The van der Waals surface area contributed by atoms with Crippen LogP contribution in [0.25, 0.3) is 16.4 Å². The Kier molecular flexibility index (Phi) is 4.20. The number of aromatic nitrogens is 4. The van der Waals surface area contributed by atoms with Crippen molar-refractivity contribution in [1.82, 2.24) is 19.4 Å². The molecule has 0 bridgehead atoms. The van der Waals surface area contributed by atoms with Crippen LogP contribution in [0.1, 0.15) is 49.0 Å². The highest BCUT2D eigenvalue weighted by atomic mass is 16.3. The average Bonchev–Trinajstić information content (AvgIpc) is 3.54. The molecule has 1 N–H and O–H groups in total. The summed E-state index contributed by atoms with van der Waals surface area (Å²) >= 11 is 0. The molecule has 152 valence electrons. The van der Waals surface area contributed by atoms with Crippen LogP contribution >= 0.6 is 0 Å². The van der Waals surface area contributed by atoms with Gasteiger partial charge in [-0.3, -0.25) is 0 Å². The number of hydrogen-bond donors (Lipinski definition) is 1. The van der Waals surface area contributed by atoms with Gasteiger partial charge in [0.25, 0.3) is 0 Å².